The zero-order valence-electron chi connectivity index (χ0n) is 23.1. The molecule has 9 nitrogen and oxygen atoms in total. The van der Waals surface area contributed by atoms with Crippen molar-refractivity contribution in [1.29, 1.82) is 0 Å². The summed E-state index contributed by atoms with van der Waals surface area (Å²) >= 11 is 12.6. The van der Waals surface area contributed by atoms with E-state index in [0.29, 0.717) is 39.9 Å². The molecule has 0 unspecified atom stereocenters. The largest absolute Gasteiger partial charge is 0.462 e. The van der Waals surface area contributed by atoms with Crippen LogP contribution in [-0.4, -0.2) is 83.1 Å². The maximum Gasteiger partial charge on any atom is 0.309 e. The Labute approximate surface area is 250 Å². The summed E-state index contributed by atoms with van der Waals surface area (Å²) in [5.74, 6) is 1.77. The second kappa shape index (κ2) is 12.5. The Hall–Kier alpha value is -2.98. The van der Waals surface area contributed by atoms with Crippen LogP contribution in [0.2, 0.25) is 10.0 Å². The van der Waals surface area contributed by atoms with Gasteiger partial charge in [-0.15, -0.1) is 0 Å². The summed E-state index contributed by atoms with van der Waals surface area (Å²) in [6.07, 6.45) is 7.00. The van der Waals surface area contributed by atoms with Crippen molar-refractivity contribution in [2.75, 3.05) is 51.2 Å². The number of rotatable bonds is 8. The summed E-state index contributed by atoms with van der Waals surface area (Å²) in [4.78, 5) is 32.8. The van der Waals surface area contributed by atoms with Gasteiger partial charge in [0.1, 0.15) is 6.10 Å². The molecule has 3 aliphatic rings. The van der Waals surface area contributed by atoms with E-state index in [0.717, 1.165) is 76.1 Å². The first-order valence-corrected chi connectivity index (χ1v) is 15.0. The number of esters is 1. The smallest absolute Gasteiger partial charge is 0.309 e. The highest BCUT2D eigenvalue weighted by Crippen LogP contribution is 2.33. The van der Waals surface area contributed by atoms with Crippen molar-refractivity contribution in [3.8, 4) is 22.9 Å². The van der Waals surface area contributed by atoms with Crippen molar-refractivity contribution < 1.29 is 14.3 Å². The molecule has 2 saturated heterocycles. The van der Waals surface area contributed by atoms with Crippen LogP contribution in [-0.2, 0) is 16.1 Å². The van der Waals surface area contributed by atoms with Gasteiger partial charge in [-0.1, -0.05) is 23.2 Å². The molecule has 1 aliphatic carbocycles. The first-order valence-electron chi connectivity index (χ1n) is 14.2. The van der Waals surface area contributed by atoms with Gasteiger partial charge in [-0.3, -0.25) is 9.69 Å². The number of piperidine rings is 1. The number of halogens is 2. The number of likely N-dealkylation sites (tertiary alicyclic amines) is 1. The molecule has 4 heterocycles. The van der Waals surface area contributed by atoms with Gasteiger partial charge in [0.05, 0.1) is 24.0 Å². The van der Waals surface area contributed by atoms with Crippen LogP contribution in [0.25, 0.3) is 11.3 Å². The number of anilines is 1. The zero-order chi connectivity index (χ0) is 28.3. The zero-order valence-corrected chi connectivity index (χ0v) is 24.7. The number of likely N-dealkylation sites (N-methyl/N-ethyl adjacent to an activating group) is 1. The van der Waals surface area contributed by atoms with Crippen LogP contribution in [0.1, 0.15) is 31.2 Å². The molecular weight excluding hydrogens is 563 g/mol. The molecule has 2 aliphatic heterocycles. The Morgan fingerprint density at radius 2 is 1.59 bits per heavy atom. The van der Waals surface area contributed by atoms with Gasteiger partial charge in [0, 0.05) is 67.5 Å². The van der Waals surface area contributed by atoms with E-state index in [4.69, 9.17) is 37.7 Å². The number of carbonyl (C=O) groups is 1. The van der Waals surface area contributed by atoms with Crippen molar-refractivity contribution in [2.45, 2.75) is 38.3 Å². The third-order valence-electron chi connectivity index (χ3n) is 7.78. The van der Waals surface area contributed by atoms with E-state index < -0.39 is 0 Å². The summed E-state index contributed by atoms with van der Waals surface area (Å²) < 4.78 is 11.9. The van der Waals surface area contributed by atoms with Crippen LogP contribution in [0.4, 0.5) is 5.95 Å². The predicted molar refractivity (Wildman–Crippen MR) is 159 cm³/mol. The minimum atomic E-state index is -0.0234. The summed E-state index contributed by atoms with van der Waals surface area (Å²) in [7, 11) is 2.12. The van der Waals surface area contributed by atoms with E-state index in [1.54, 1.807) is 18.5 Å². The highest BCUT2D eigenvalue weighted by molar-refractivity contribution is 6.35. The van der Waals surface area contributed by atoms with Gasteiger partial charge in [-0.05, 0) is 62.6 Å². The summed E-state index contributed by atoms with van der Waals surface area (Å²) in [6, 6.07) is 9.38. The van der Waals surface area contributed by atoms with Crippen LogP contribution in [0.15, 0.2) is 42.7 Å². The maximum atomic E-state index is 12.1. The fourth-order valence-electron chi connectivity index (χ4n) is 5.23. The number of ether oxygens (including phenoxy) is 2. The molecule has 0 amide bonds. The van der Waals surface area contributed by atoms with Gasteiger partial charge >= 0.3 is 5.97 Å². The normalized spacial score (nSPS) is 18.9. The molecule has 0 atom stereocenters. The average molecular weight is 598 g/mol. The Morgan fingerprint density at radius 1 is 0.902 bits per heavy atom. The molecule has 3 fully saturated rings. The van der Waals surface area contributed by atoms with Crippen molar-refractivity contribution >= 4 is 35.1 Å². The summed E-state index contributed by atoms with van der Waals surface area (Å²) in [5, 5.41) is 1.08. The topological polar surface area (TPSA) is 83.9 Å². The first kappa shape index (κ1) is 28.2. The lowest BCUT2D eigenvalue weighted by Gasteiger charge is -2.32. The van der Waals surface area contributed by atoms with Crippen LogP contribution in [0.3, 0.4) is 0 Å². The van der Waals surface area contributed by atoms with Crippen molar-refractivity contribution in [1.82, 2.24) is 24.8 Å². The minimum Gasteiger partial charge on any atom is -0.462 e. The molecule has 2 aromatic heterocycles. The molecule has 41 heavy (non-hydrogen) atoms. The number of pyridine rings is 1. The van der Waals surface area contributed by atoms with Crippen molar-refractivity contribution in [3.63, 3.8) is 0 Å². The van der Waals surface area contributed by atoms with Crippen LogP contribution in [0, 0.1) is 5.92 Å². The molecular formula is C30H34Cl2N6O3. The lowest BCUT2D eigenvalue weighted by atomic mass is 10.1. The van der Waals surface area contributed by atoms with Crippen LogP contribution >= 0.6 is 23.2 Å². The summed E-state index contributed by atoms with van der Waals surface area (Å²) in [6.45, 7) is 6.17. The molecule has 0 radical (unpaired) electrons. The maximum absolute atomic E-state index is 12.1. The lowest BCUT2D eigenvalue weighted by Crippen LogP contribution is -2.45. The number of hydrogen-bond donors (Lipinski definition) is 0. The fraction of sp³-hybridized carbons (Fsp3) is 0.467. The van der Waals surface area contributed by atoms with Gasteiger partial charge in [0.25, 0.3) is 0 Å². The van der Waals surface area contributed by atoms with Crippen LogP contribution in [0.5, 0.6) is 11.6 Å². The Bertz CT molecular complexity index is 1350. The molecule has 1 aromatic carbocycles. The Balaban J connectivity index is 1.17. The lowest BCUT2D eigenvalue weighted by molar-refractivity contribution is -0.152. The van der Waals surface area contributed by atoms with Gasteiger partial charge in [0.15, 0.2) is 5.75 Å². The number of benzene rings is 1. The van der Waals surface area contributed by atoms with E-state index in [-0.39, 0.29) is 18.0 Å². The third-order valence-corrected chi connectivity index (χ3v) is 8.21. The van der Waals surface area contributed by atoms with E-state index in [9.17, 15) is 4.79 Å². The van der Waals surface area contributed by atoms with E-state index in [1.165, 1.54) is 0 Å². The number of hydrogen-bond acceptors (Lipinski definition) is 9. The molecule has 3 aromatic rings. The van der Waals surface area contributed by atoms with E-state index in [2.05, 4.69) is 31.7 Å². The van der Waals surface area contributed by atoms with Gasteiger partial charge in [-0.25, -0.2) is 15.0 Å². The Morgan fingerprint density at radius 3 is 2.24 bits per heavy atom. The molecule has 0 spiro atoms. The third kappa shape index (κ3) is 7.46. The summed E-state index contributed by atoms with van der Waals surface area (Å²) in [5.41, 5.74) is 2.57. The fourth-order valence-corrected chi connectivity index (χ4v) is 5.75. The van der Waals surface area contributed by atoms with Gasteiger partial charge in [0.2, 0.25) is 11.8 Å². The highest BCUT2D eigenvalue weighted by Gasteiger charge is 2.33. The number of piperazine rings is 1. The molecule has 216 valence electrons. The van der Waals surface area contributed by atoms with Crippen molar-refractivity contribution in [3.05, 3.63) is 58.3 Å². The standard InChI is InChI=1S/C30H34Cl2N6O3/c1-36-8-10-38(11-9-36)30-33-17-26(18-34-30)40-28-13-20(12-27(35-28)22-14-23(31)16-24(32)15-22)19-37-6-4-25(5-7-37)41-29(39)21-2-3-21/h12-18,21,25H,2-11,19H2,1H3. The van der Waals surface area contributed by atoms with E-state index >= 15 is 0 Å². The van der Waals surface area contributed by atoms with Crippen molar-refractivity contribution in [2.24, 2.45) is 5.92 Å². The predicted octanol–water partition coefficient (Wildman–Crippen LogP) is 5.31. The second-order valence-corrected chi connectivity index (χ2v) is 12.0. The number of nitrogens with zero attached hydrogens (tertiary/aromatic N) is 6. The molecule has 11 heteroatoms. The quantitative estimate of drug-likeness (QED) is 0.321. The second-order valence-electron chi connectivity index (χ2n) is 11.2. The molecule has 0 bridgehead atoms. The first-order chi connectivity index (χ1) is 19.9. The minimum absolute atomic E-state index is 0.00802. The van der Waals surface area contributed by atoms with Gasteiger partial charge < -0.3 is 19.3 Å². The molecule has 6 rings (SSSR count). The number of carbonyl (C=O) groups excluding carboxylic acids is 1. The van der Waals surface area contributed by atoms with E-state index in [1.807, 2.05) is 24.3 Å². The highest BCUT2D eigenvalue weighted by atomic mass is 35.5. The average Bonchev–Trinajstić information content (AvgIpc) is 3.81. The molecule has 1 saturated carbocycles. The monoisotopic (exact) mass is 596 g/mol. The molecule has 0 N–H and O–H groups in total. The number of aromatic nitrogens is 3. The van der Waals surface area contributed by atoms with Gasteiger partial charge in [-0.2, -0.15) is 0 Å². The Kier molecular flexibility index (Phi) is 8.57. The SMILES string of the molecule is CN1CCN(c2ncc(Oc3cc(CN4CCC(OC(=O)C5CC5)CC4)cc(-c4cc(Cl)cc(Cl)c4)n3)cn2)CC1. The van der Waals surface area contributed by atoms with Crippen LogP contribution < -0.4 is 9.64 Å².